The highest BCUT2D eigenvalue weighted by molar-refractivity contribution is 6.42. The van der Waals surface area contributed by atoms with Crippen molar-refractivity contribution in [3.63, 3.8) is 0 Å². The Morgan fingerprint density at radius 1 is 1.35 bits per heavy atom. The molecule has 17 heavy (non-hydrogen) atoms. The molecule has 1 aromatic carbocycles. The number of benzene rings is 1. The van der Waals surface area contributed by atoms with Gasteiger partial charge < -0.3 is 5.73 Å². The minimum absolute atomic E-state index is 0.284. The van der Waals surface area contributed by atoms with Gasteiger partial charge in [0.05, 0.1) is 10.0 Å². The second-order valence-corrected chi connectivity index (χ2v) is 5.73. The van der Waals surface area contributed by atoms with E-state index >= 15 is 0 Å². The maximum Gasteiger partial charge on any atom is 0.0595 e. The van der Waals surface area contributed by atoms with Gasteiger partial charge in [-0.3, -0.25) is 4.90 Å². The maximum atomic E-state index is 6.09. The summed E-state index contributed by atoms with van der Waals surface area (Å²) in [5, 5.41) is 1.23. The molecule has 2 nitrogen and oxygen atoms in total. The molecule has 2 rings (SSSR count). The largest absolute Gasteiger partial charge is 0.326 e. The summed E-state index contributed by atoms with van der Waals surface area (Å²) < 4.78 is 0. The van der Waals surface area contributed by atoms with E-state index in [1.165, 1.54) is 12.0 Å². The van der Waals surface area contributed by atoms with Crippen LogP contribution in [-0.2, 0) is 6.54 Å². The molecule has 0 bridgehead atoms. The minimum atomic E-state index is 0.284. The highest BCUT2D eigenvalue weighted by Gasteiger charge is 2.22. The third-order valence-electron chi connectivity index (χ3n) is 3.49. The van der Waals surface area contributed by atoms with Crippen LogP contribution in [0.3, 0.4) is 0 Å². The summed E-state index contributed by atoms with van der Waals surface area (Å²) in [6.07, 6.45) is 1.17. The zero-order valence-corrected chi connectivity index (χ0v) is 11.5. The van der Waals surface area contributed by atoms with E-state index in [0.717, 1.165) is 19.6 Å². The molecular formula is C13H18Cl2N2. The predicted molar refractivity (Wildman–Crippen MR) is 73.5 cm³/mol. The average molecular weight is 273 g/mol. The number of likely N-dealkylation sites (tertiary alicyclic amines) is 1. The first kappa shape index (κ1) is 13.2. The van der Waals surface area contributed by atoms with E-state index in [1.807, 2.05) is 18.2 Å². The lowest BCUT2D eigenvalue weighted by molar-refractivity contribution is 0.162. The van der Waals surface area contributed by atoms with Crippen molar-refractivity contribution >= 4 is 23.2 Å². The molecule has 1 fully saturated rings. The molecule has 0 spiro atoms. The Morgan fingerprint density at radius 2 is 2.12 bits per heavy atom. The van der Waals surface area contributed by atoms with Crippen molar-refractivity contribution in [1.82, 2.24) is 4.90 Å². The normalized spacial score (nSPS) is 26.1. The van der Waals surface area contributed by atoms with Crippen molar-refractivity contribution in [3.05, 3.63) is 33.8 Å². The van der Waals surface area contributed by atoms with Gasteiger partial charge in [-0.15, -0.1) is 0 Å². The van der Waals surface area contributed by atoms with E-state index in [1.54, 1.807) is 0 Å². The molecule has 1 heterocycles. The van der Waals surface area contributed by atoms with Gasteiger partial charge in [-0.1, -0.05) is 36.2 Å². The van der Waals surface area contributed by atoms with Crippen LogP contribution in [0, 0.1) is 5.92 Å². The molecule has 4 heteroatoms. The van der Waals surface area contributed by atoms with Crippen LogP contribution in [0.5, 0.6) is 0 Å². The molecule has 0 amide bonds. The number of nitrogens with zero attached hydrogens (tertiary/aromatic N) is 1. The van der Waals surface area contributed by atoms with Gasteiger partial charge in [-0.2, -0.15) is 0 Å². The third kappa shape index (κ3) is 3.35. The smallest absolute Gasteiger partial charge is 0.0595 e. The summed E-state index contributed by atoms with van der Waals surface area (Å²) in [5.74, 6) is 0.625. The van der Waals surface area contributed by atoms with Gasteiger partial charge in [0.1, 0.15) is 0 Å². The molecule has 0 aliphatic carbocycles. The number of piperidine rings is 1. The Balaban J connectivity index is 1.99. The van der Waals surface area contributed by atoms with E-state index in [-0.39, 0.29) is 6.04 Å². The minimum Gasteiger partial charge on any atom is -0.326 e. The molecule has 1 aromatic rings. The van der Waals surface area contributed by atoms with Crippen molar-refractivity contribution in [2.24, 2.45) is 11.7 Å². The van der Waals surface area contributed by atoms with Crippen LogP contribution >= 0.6 is 23.2 Å². The zero-order valence-electron chi connectivity index (χ0n) is 10.00. The monoisotopic (exact) mass is 272 g/mol. The molecule has 1 saturated heterocycles. The summed E-state index contributed by atoms with van der Waals surface area (Å²) in [6, 6.07) is 6.10. The van der Waals surface area contributed by atoms with Crippen LogP contribution in [0.2, 0.25) is 10.0 Å². The number of halogens is 2. The lowest BCUT2D eigenvalue weighted by atomic mass is 9.94. The quantitative estimate of drug-likeness (QED) is 0.896. The van der Waals surface area contributed by atoms with Gasteiger partial charge in [0, 0.05) is 19.1 Å². The van der Waals surface area contributed by atoms with E-state index in [2.05, 4.69) is 11.8 Å². The zero-order chi connectivity index (χ0) is 12.4. The first-order valence-electron chi connectivity index (χ1n) is 5.98. The molecule has 0 radical (unpaired) electrons. The first-order valence-corrected chi connectivity index (χ1v) is 6.73. The molecule has 2 atom stereocenters. The fourth-order valence-electron chi connectivity index (χ4n) is 2.21. The van der Waals surface area contributed by atoms with E-state index in [4.69, 9.17) is 28.9 Å². The number of rotatable bonds is 2. The van der Waals surface area contributed by atoms with Crippen LogP contribution in [-0.4, -0.2) is 24.0 Å². The van der Waals surface area contributed by atoms with Crippen LogP contribution in [0.25, 0.3) is 0 Å². The van der Waals surface area contributed by atoms with Gasteiger partial charge in [-0.25, -0.2) is 0 Å². The molecule has 1 aliphatic heterocycles. The van der Waals surface area contributed by atoms with Crippen molar-refractivity contribution in [2.45, 2.75) is 25.9 Å². The summed E-state index contributed by atoms with van der Waals surface area (Å²) in [6.45, 7) is 5.19. The Kier molecular flexibility index (Phi) is 4.31. The molecule has 0 saturated carbocycles. The van der Waals surface area contributed by atoms with Crippen LogP contribution < -0.4 is 5.73 Å². The molecule has 2 N–H and O–H groups in total. The second-order valence-electron chi connectivity index (χ2n) is 4.91. The molecule has 1 aliphatic rings. The molecule has 0 aromatic heterocycles. The highest BCUT2D eigenvalue weighted by atomic mass is 35.5. The summed E-state index contributed by atoms with van der Waals surface area (Å²) in [7, 11) is 0. The Morgan fingerprint density at radius 3 is 2.76 bits per heavy atom. The van der Waals surface area contributed by atoms with Crippen molar-refractivity contribution in [1.29, 1.82) is 0 Å². The Bertz CT molecular complexity index is 395. The van der Waals surface area contributed by atoms with Gasteiger partial charge in [-0.05, 0) is 36.6 Å². The first-order chi connectivity index (χ1) is 8.06. The van der Waals surface area contributed by atoms with Gasteiger partial charge in [0.2, 0.25) is 0 Å². The van der Waals surface area contributed by atoms with Crippen molar-refractivity contribution in [2.75, 3.05) is 13.1 Å². The van der Waals surface area contributed by atoms with Crippen LogP contribution in [0.15, 0.2) is 18.2 Å². The summed E-state index contributed by atoms with van der Waals surface area (Å²) >= 11 is 11.9. The predicted octanol–water partition coefficient (Wildman–Crippen LogP) is 3.16. The molecule has 2 unspecified atom stereocenters. The lowest BCUT2D eigenvalue weighted by Gasteiger charge is -2.35. The molecular weight excluding hydrogens is 255 g/mol. The second kappa shape index (κ2) is 5.57. The lowest BCUT2D eigenvalue weighted by Crippen LogP contribution is -2.47. The third-order valence-corrected chi connectivity index (χ3v) is 4.23. The highest BCUT2D eigenvalue weighted by Crippen LogP contribution is 2.24. The Hall–Kier alpha value is -0.280. The maximum absolute atomic E-state index is 6.09. The van der Waals surface area contributed by atoms with Crippen molar-refractivity contribution < 1.29 is 0 Å². The Labute approximate surface area is 113 Å². The SMILES string of the molecule is CC1CCN(Cc2ccc(Cl)c(Cl)c2)CC1N. The number of nitrogens with two attached hydrogens (primary N) is 1. The summed E-state index contributed by atoms with van der Waals surface area (Å²) in [5.41, 5.74) is 7.28. The number of hydrogen-bond acceptors (Lipinski definition) is 2. The van der Waals surface area contributed by atoms with Crippen LogP contribution in [0.4, 0.5) is 0 Å². The van der Waals surface area contributed by atoms with Gasteiger partial charge in [0.15, 0.2) is 0 Å². The molecule has 94 valence electrons. The van der Waals surface area contributed by atoms with E-state index in [9.17, 15) is 0 Å². The number of hydrogen-bond donors (Lipinski definition) is 1. The van der Waals surface area contributed by atoms with Crippen molar-refractivity contribution in [3.8, 4) is 0 Å². The van der Waals surface area contributed by atoms with Crippen LogP contribution in [0.1, 0.15) is 18.9 Å². The average Bonchev–Trinajstić information content (AvgIpc) is 2.29. The van der Waals surface area contributed by atoms with E-state index in [0.29, 0.717) is 16.0 Å². The van der Waals surface area contributed by atoms with Gasteiger partial charge in [0.25, 0.3) is 0 Å². The fourth-order valence-corrected chi connectivity index (χ4v) is 2.53. The van der Waals surface area contributed by atoms with Gasteiger partial charge >= 0.3 is 0 Å². The fraction of sp³-hybridized carbons (Fsp3) is 0.538. The summed E-state index contributed by atoms with van der Waals surface area (Å²) in [4.78, 5) is 2.38. The standard InChI is InChI=1S/C13H18Cl2N2/c1-9-4-5-17(8-13(9)16)7-10-2-3-11(14)12(15)6-10/h2-3,6,9,13H,4-5,7-8,16H2,1H3. The van der Waals surface area contributed by atoms with E-state index < -0.39 is 0 Å². The topological polar surface area (TPSA) is 29.3 Å².